The van der Waals surface area contributed by atoms with Gasteiger partial charge in [-0.1, -0.05) is 11.9 Å². The number of halogens is 1. The van der Waals surface area contributed by atoms with E-state index in [2.05, 4.69) is 30.2 Å². The average molecular weight is 596 g/mol. The monoisotopic (exact) mass is 595 g/mol. The minimum absolute atomic E-state index is 0.0322. The number of thiazole rings is 1. The summed E-state index contributed by atoms with van der Waals surface area (Å²) < 4.78 is 33.7. The van der Waals surface area contributed by atoms with Crippen LogP contribution in [0.25, 0.3) is 31.8 Å². The molecule has 14 heteroatoms. The molecular formula is C27H26FN7O4S2. The number of methoxy groups -OCH3 is 1. The maximum absolute atomic E-state index is 15.0. The van der Waals surface area contributed by atoms with E-state index in [1.165, 1.54) is 48.9 Å². The summed E-state index contributed by atoms with van der Waals surface area (Å²) in [5.74, 6) is 0.383. The highest BCUT2D eigenvalue weighted by molar-refractivity contribution is 7.99. The molecule has 0 saturated heterocycles. The Balaban J connectivity index is 1.26. The molecule has 0 aliphatic carbocycles. The van der Waals surface area contributed by atoms with Crippen molar-refractivity contribution >= 4 is 62.3 Å². The van der Waals surface area contributed by atoms with E-state index in [9.17, 15) is 9.18 Å². The van der Waals surface area contributed by atoms with E-state index in [0.29, 0.717) is 39.1 Å². The molecule has 0 aliphatic rings. The summed E-state index contributed by atoms with van der Waals surface area (Å²) in [6, 6.07) is 6.82. The molecule has 0 radical (unpaired) electrons. The number of carbonyl (C=O) groups excluding carboxylic acids is 1. The quantitative estimate of drug-likeness (QED) is 0.205. The van der Waals surface area contributed by atoms with Crippen molar-refractivity contribution in [2.24, 2.45) is 0 Å². The zero-order chi connectivity index (χ0) is 29.1. The zero-order valence-corrected chi connectivity index (χ0v) is 24.5. The lowest BCUT2D eigenvalue weighted by molar-refractivity contribution is 0.0969. The molecule has 0 bridgehead atoms. The minimum atomic E-state index is -0.704. The molecule has 2 aromatic carbocycles. The lowest BCUT2D eigenvalue weighted by Crippen LogP contribution is -2.24. The summed E-state index contributed by atoms with van der Waals surface area (Å²) in [7, 11) is 3.37. The van der Waals surface area contributed by atoms with Gasteiger partial charge in [0.15, 0.2) is 11.6 Å². The molecular weight excluding hydrogens is 569 g/mol. The van der Waals surface area contributed by atoms with Crippen molar-refractivity contribution in [3.05, 3.63) is 54.2 Å². The normalized spacial score (nSPS) is 11.9. The first kappa shape index (κ1) is 28.2. The molecule has 1 atom stereocenters. The van der Waals surface area contributed by atoms with E-state index in [1.54, 1.807) is 23.5 Å². The molecule has 11 nitrogen and oxygen atoms in total. The number of aromatic nitrogens is 5. The van der Waals surface area contributed by atoms with Crippen LogP contribution in [0.1, 0.15) is 12.5 Å². The van der Waals surface area contributed by atoms with E-state index in [-0.39, 0.29) is 12.4 Å². The second kappa shape index (κ2) is 12.1. The van der Waals surface area contributed by atoms with Gasteiger partial charge in [0.25, 0.3) is 0 Å². The number of anilines is 2. The van der Waals surface area contributed by atoms with Crippen molar-refractivity contribution < 1.29 is 23.4 Å². The number of benzene rings is 2. The van der Waals surface area contributed by atoms with Gasteiger partial charge in [-0.15, -0.1) is 11.3 Å². The molecule has 3 aromatic heterocycles. The molecule has 1 amide bonds. The number of nitrogens with one attached hydrogen (secondary N) is 1. The lowest BCUT2D eigenvalue weighted by atomic mass is 10.1. The van der Waals surface area contributed by atoms with Crippen LogP contribution in [-0.2, 0) is 4.74 Å². The highest BCUT2D eigenvalue weighted by atomic mass is 32.2. The second-order valence-electron chi connectivity index (χ2n) is 8.97. The number of hydrogen-bond donors (Lipinski definition) is 1. The second-order valence-corrected chi connectivity index (χ2v) is 10.9. The van der Waals surface area contributed by atoms with Crippen LogP contribution < -0.4 is 19.1 Å². The lowest BCUT2D eigenvalue weighted by Gasteiger charge is -2.16. The van der Waals surface area contributed by atoms with Gasteiger partial charge in [-0.25, -0.2) is 34.1 Å². The molecule has 3 heterocycles. The average Bonchev–Trinajstić information content (AvgIpc) is 3.37. The number of aryl methyl sites for hydroxylation is 1. The van der Waals surface area contributed by atoms with Gasteiger partial charge < -0.3 is 14.2 Å². The summed E-state index contributed by atoms with van der Waals surface area (Å²) in [6.07, 6.45) is 5.08. The molecule has 41 heavy (non-hydrogen) atoms. The number of hydrogen-bond acceptors (Lipinski definition) is 12. The van der Waals surface area contributed by atoms with Crippen molar-refractivity contribution in [1.29, 1.82) is 0 Å². The van der Waals surface area contributed by atoms with Crippen molar-refractivity contribution in [3.8, 4) is 22.2 Å². The molecule has 1 unspecified atom stereocenters. The largest absolute Gasteiger partial charge is 0.484 e. The van der Waals surface area contributed by atoms with Crippen LogP contribution in [0.5, 0.6) is 11.6 Å². The molecule has 5 aromatic rings. The number of fused-ring (bicyclic) bond motifs is 2. The molecule has 0 spiro atoms. The van der Waals surface area contributed by atoms with Gasteiger partial charge in [0, 0.05) is 31.0 Å². The van der Waals surface area contributed by atoms with Crippen molar-refractivity contribution in [2.75, 3.05) is 36.6 Å². The van der Waals surface area contributed by atoms with Crippen molar-refractivity contribution in [3.63, 3.8) is 0 Å². The Labute approximate surface area is 243 Å². The van der Waals surface area contributed by atoms with Crippen LogP contribution in [0.3, 0.4) is 0 Å². The third kappa shape index (κ3) is 6.38. The molecule has 0 fully saturated rings. The number of carbonyl (C=O) groups is 1. The Hall–Kier alpha value is -4.30. The van der Waals surface area contributed by atoms with E-state index < -0.39 is 18.0 Å². The third-order valence-electron chi connectivity index (χ3n) is 5.87. The van der Waals surface area contributed by atoms with Crippen molar-refractivity contribution in [2.45, 2.75) is 20.0 Å². The SMILES string of the molecule is COc1cnc2c(-c3nc4cc(F)c(OC(C)COC(=O)Nc5cnc(N(C)SC)nc5)cc4s3)cc(C)cc2n1. The van der Waals surface area contributed by atoms with Crippen LogP contribution in [0, 0.1) is 12.7 Å². The number of rotatable bonds is 9. The molecule has 0 saturated carbocycles. The Bertz CT molecular complexity index is 1720. The predicted molar refractivity (Wildman–Crippen MR) is 158 cm³/mol. The molecule has 212 valence electrons. The molecule has 5 rings (SSSR count). The summed E-state index contributed by atoms with van der Waals surface area (Å²) in [5, 5.41) is 3.23. The first-order valence-electron chi connectivity index (χ1n) is 12.4. The fourth-order valence-corrected chi connectivity index (χ4v) is 5.12. The first-order chi connectivity index (χ1) is 19.7. The topological polar surface area (TPSA) is 124 Å². The van der Waals surface area contributed by atoms with Crippen LogP contribution >= 0.6 is 23.3 Å². The van der Waals surface area contributed by atoms with E-state index >= 15 is 0 Å². The van der Waals surface area contributed by atoms with E-state index in [0.717, 1.165) is 15.8 Å². The van der Waals surface area contributed by atoms with Crippen molar-refractivity contribution in [1.82, 2.24) is 24.9 Å². The zero-order valence-electron chi connectivity index (χ0n) is 22.8. The van der Waals surface area contributed by atoms with Gasteiger partial charge in [0.1, 0.15) is 17.7 Å². The number of ether oxygens (including phenoxy) is 3. The van der Waals surface area contributed by atoms with Gasteiger partial charge in [-0.05, 0) is 31.5 Å². The summed E-state index contributed by atoms with van der Waals surface area (Å²) in [6.45, 7) is 3.53. The minimum Gasteiger partial charge on any atom is -0.484 e. The van der Waals surface area contributed by atoms with Gasteiger partial charge in [-0.3, -0.25) is 9.62 Å². The molecule has 0 aliphatic heterocycles. The van der Waals surface area contributed by atoms with E-state index in [1.807, 2.05) is 32.4 Å². The van der Waals surface area contributed by atoms with Gasteiger partial charge >= 0.3 is 6.09 Å². The molecule has 1 N–H and O–H groups in total. The fourth-order valence-electron chi connectivity index (χ4n) is 3.87. The van der Waals surface area contributed by atoms with Gasteiger partial charge in [0.2, 0.25) is 11.8 Å². The maximum Gasteiger partial charge on any atom is 0.411 e. The number of amides is 1. The van der Waals surface area contributed by atoms with Crippen LogP contribution in [-0.4, -0.2) is 64.1 Å². The third-order valence-corrected chi connectivity index (χ3v) is 7.63. The summed E-state index contributed by atoms with van der Waals surface area (Å²) in [5.41, 5.74) is 4.00. The highest BCUT2D eigenvalue weighted by Gasteiger charge is 2.18. The van der Waals surface area contributed by atoms with Crippen LogP contribution in [0.4, 0.5) is 20.8 Å². The van der Waals surface area contributed by atoms with Crippen LogP contribution in [0.15, 0.2) is 42.9 Å². The fraction of sp³-hybridized carbons (Fsp3) is 0.259. The smallest absolute Gasteiger partial charge is 0.411 e. The number of nitrogens with zero attached hydrogens (tertiary/aromatic N) is 6. The first-order valence-corrected chi connectivity index (χ1v) is 14.4. The van der Waals surface area contributed by atoms with E-state index in [4.69, 9.17) is 14.2 Å². The Kier molecular flexibility index (Phi) is 8.31. The summed E-state index contributed by atoms with van der Waals surface area (Å²) in [4.78, 5) is 34.2. The Morgan fingerprint density at radius 1 is 1.12 bits per heavy atom. The summed E-state index contributed by atoms with van der Waals surface area (Å²) >= 11 is 2.85. The van der Waals surface area contributed by atoms with Gasteiger partial charge in [-0.2, -0.15) is 0 Å². The highest BCUT2D eigenvalue weighted by Crippen LogP contribution is 2.37. The Morgan fingerprint density at radius 3 is 2.63 bits per heavy atom. The standard InChI is InChI=1S/C27H26FN7O4S2/c1-14-6-17(24-20(7-14)33-23(37-4)12-29-24)25-34-19-8-18(28)21(9-22(19)41-25)39-15(2)13-38-27(36)32-16-10-30-26(31-11-16)35(3)40-5/h6-12,15H,13H2,1-5H3,(H,32,36). The van der Waals surface area contributed by atoms with Gasteiger partial charge in [0.05, 0.1) is 52.6 Å². The predicted octanol–water partition coefficient (Wildman–Crippen LogP) is 5.88. The van der Waals surface area contributed by atoms with Crippen LogP contribution in [0.2, 0.25) is 0 Å². The Morgan fingerprint density at radius 2 is 1.90 bits per heavy atom. The maximum atomic E-state index is 15.0.